The molecule has 0 radical (unpaired) electrons. The standard InChI is InChI=1S/C14H29N3O4/c1-15-14(17-6-9-19-11-10-18-2)16-5-3-7-21-13-4-8-20-12-13/h13H,3-12H2,1-2H3,(H2,15,16,17). The summed E-state index contributed by atoms with van der Waals surface area (Å²) < 4.78 is 21.2. The molecule has 1 unspecified atom stereocenters. The molecule has 0 spiro atoms. The molecule has 1 rings (SSSR count). The van der Waals surface area contributed by atoms with Gasteiger partial charge in [-0.25, -0.2) is 0 Å². The number of ether oxygens (including phenoxy) is 4. The third kappa shape index (κ3) is 9.62. The van der Waals surface area contributed by atoms with Crippen molar-refractivity contribution in [3.8, 4) is 0 Å². The van der Waals surface area contributed by atoms with Crippen LogP contribution in [0.5, 0.6) is 0 Å². The highest BCUT2D eigenvalue weighted by Crippen LogP contribution is 2.07. The molecule has 0 aliphatic carbocycles. The van der Waals surface area contributed by atoms with Gasteiger partial charge in [0.25, 0.3) is 0 Å². The fourth-order valence-electron chi connectivity index (χ4n) is 1.88. The number of methoxy groups -OCH3 is 1. The number of hydrogen-bond donors (Lipinski definition) is 2. The van der Waals surface area contributed by atoms with Crippen molar-refractivity contribution < 1.29 is 18.9 Å². The lowest BCUT2D eigenvalue weighted by molar-refractivity contribution is 0.0419. The minimum Gasteiger partial charge on any atom is -0.382 e. The third-order valence-corrected chi connectivity index (χ3v) is 3.05. The molecule has 0 amide bonds. The second-order valence-corrected chi connectivity index (χ2v) is 4.74. The maximum absolute atomic E-state index is 5.70. The molecule has 1 aliphatic heterocycles. The summed E-state index contributed by atoms with van der Waals surface area (Å²) in [6.45, 7) is 5.74. The fourth-order valence-corrected chi connectivity index (χ4v) is 1.88. The highest BCUT2D eigenvalue weighted by atomic mass is 16.5. The summed E-state index contributed by atoms with van der Waals surface area (Å²) in [5, 5.41) is 6.43. The van der Waals surface area contributed by atoms with Crippen molar-refractivity contribution in [3.63, 3.8) is 0 Å². The van der Waals surface area contributed by atoms with Crippen LogP contribution < -0.4 is 10.6 Å². The summed E-state index contributed by atoms with van der Waals surface area (Å²) in [6.07, 6.45) is 2.24. The van der Waals surface area contributed by atoms with Crippen LogP contribution in [0.3, 0.4) is 0 Å². The van der Waals surface area contributed by atoms with Gasteiger partial charge in [0.1, 0.15) is 0 Å². The van der Waals surface area contributed by atoms with Crippen LogP contribution in [-0.2, 0) is 18.9 Å². The largest absolute Gasteiger partial charge is 0.382 e. The zero-order valence-electron chi connectivity index (χ0n) is 13.2. The molecule has 1 aliphatic rings. The van der Waals surface area contributed by atoms with Crippen LogP contribution in [0.25, 0.3) is 0 Å². The second-order valence-electron chi connectivity index (χ2n) is 4.74. The van der Waals surface area contributed by atoms with Gasteiger partial charge in [0, 0.05) is 40.5 Å². The Hall–Kier alpha value is -0.890. The van der Waals surface area contributed by atoms with E-state index in [9.17, 15) is 0 Å². The molecule has 1 saturated heterocycles. The molecule has 0 bridgehead atoms. The van der Waals surface area contributed by atoms with Gasteiger partial charge in [-0.15, -0.1) is 0 Å². The van der Waals surface area contributed by atoms with Crippen molar-refractivity contribution in [2.45, 2.75) is 18.9 Å². The number of nitrogens with one attached hydrogen (secondary N) is 2. The first-order valence-corrected chi connectivity index (χ1v) is 7.57. The van der Waals surface area contributed by atoms with Gasteiger partial charge in [-0.05, 0) is 12.8 Å². The van der Waals surface area contributed by atoms with E-state index in [-0.39, 0.29) is 6.10 Å². The molecular formula is C14H29N3O4. The van der Waals surface area contributed by atoms with E-state index in [1.165, 1.54) is 0 Å². The number of nitrogens with zero attached hydrogens (tertiary/aromatic N) is 1. The van der Waals surface area contributed by atoms with Crippen LogP contribution in [-0.4, -0.2) is 79.0 Å². The fraction of sp³-hybridized carbons (Fsp3) is 0.929. The molecule has 21 heavy (non-hydrogen) atoms. The van der Waals surface area contributed by atoms with Crippen molar-refractivity contribution in [1.82, 2.24) is 10.6 Å². The van der Waals surface area contributed by atoms with E-state index >= 15 is 0 Å². The normalized spacial score (nSPS) is 19.0. The van der Waals surface area contributed by atoms with Crippen molar-refractivity contribution in [2.24, 2.45) is 4.99 Å². The molecule has 7 heteroatoms. The Bertz CT molecular complexity index is 271. The number of hydrogen-bond acceptors (Lipinski definition) is 5. The molecule has 1 atom stereocenters. The van der Waals surface area contributed by atoms with E-state index in [0.717, 1.165) is 51.7 Å². The molecule has 124 valence electrons. The van der Waals surface area contributed by atoms with Crippen LogP contribution in [0, 0.1) is 0 Å². The van der Waals surface area contributed by atoms with Crippen LogP contribution in [0.4, 0.5) is 0 Å². The lowest BCUT2D eigenvalue weighted by atomic mass is 10.3. The van der Waals surface area contributed by atoms with Crippen molar-refractivity contribution in [1.29, 1.82) is 0 Å². The van der Waals surface area contributed by atoms with E-state index in [1.54, 1.807) is 14.2 Å². The maximum atomic E-state index is 5.70. The summed E-state index contributed by atoms with van der Waals surface area (Å²) in [7, 11) is 3.42. The van der Waals surface area contributed by atoms with E-state index in [4.69, 9.17) is 18.9 Å². The van der Waals surface area contributed by atoms with Crippen molar-refractivity contribution in [3.05, 3.63) is 0 Å². The summed E-state index contributed by atoms with van der Waals surface area (Å²) in [6, 6.07) is 0. The first-order valence-electron chi connectivity index (χ1n) is 7.57. The molecule has 0 aromatic carbocycles. The highest BCUT2D eigenvalue weighted by molar-refractivity contribution is 5.79. The van der Waals surface area contributed by atoms with Crippen molar-refractivity contribution in [2.75, 3.05) is 66.9 Å². The first-order chi connectivity index (χ1) is 10.4. The predicted molar refractivity (Wildman–Crippen MR) is 81.9 cm³/mol. The van der Waals surface area contributed by atoms with Gasteiger partial charge < -0.3 is 29.6 Å². The van der Waals surface area contributed by atoms with Gasteiger partial charge in [-0.2, -0.15) is 0 Å². The smallest absolute Gasteiger partial charge is 0.191 e. The zero-order valence-corrected chi connectivity index (χ0v) is 13.2. The number of aliphatic imine (C=N–C) groups is 1. The molecule has 0 aromatic rings. The Kier molecular flexibility index (Phi) is 11.1. The Morgan fingerprint density at radius 3 is 2.76 bits per heavy atom. The predicted octanol–water partition coefficient (Wildman–Crippen LogP) is 0.0100. The summed E-state index contributed by atoms with van der Waals surface area (Å²) in [4.78, 5) is 4.15. The SMILES string of the molecule is CN=C(NCCCOC1CCOC1)NCCOCCOC. The molecule has 0 saturated carbocycles. The van der Waals surface area contributed by atoms with Crippen molar-refractivity contribution >= 4 is 5.96 Å². The molecule has 1 heterocycles. The number of guanidine groups is 1. The average molecular weight is 303 g/mol. The first kappa shape index (κ1) is 18.2. The molecule has 0 aromatic heterocycles. The van der Waals surface area contributed by atoms with Crippen LogP contribution in [0.2, 0.25) is 0 Å². The minimum absolute atomic E-state index is 0.284. The van der Waals surface area contributed by atoms with Crippen LogP contribution in [0.1, 0.15) is 12.8 Å². The Balaban J connectivity index is 1.90. The Morgan fingerprint density at radius 2 is 2.05 bits per heavy atom. The van der Waals surface area contributed by atoms with E-state index in [2.05, 4.69) is 15.6 Å². The molecular weight excluding hydrogens is 274 g/mol. The Labute approximate surface area is 127 Å². The summed E-state index contributed by atoms with van der Waals surface area (Å²) >= 11 is 0. The maximum Gasteiger partial charge on any atom is 0.191 e. The quantitative estimate of drug-likeness (QED) is 0.318. The van der Waals surface area contributed by atoms with E-state index in [1.807, 2.05) is 0 Å². The van der Waals surface area contributed by atoms with E-state index in [0.29, 0.717) is 19.8 Å². The van der Waals surface area contributed by atoms with Gasteiger partial charge in [0.2, 0.25) is 0 Å². The zero-order chi connectivity index (χ0) is 15.2. The number of rotatable bonds is 11. The monoisotopic (exact) mass is 303 g/mol. The average Bonchev–Trinajstić information content (AvgIpc) is 3.01. The van der Waals surface area contributed by atoms with Crippen LogP contribution >= 0.6 is 0 Å². The summed E-state index contributed by atoms with van der Waals surface area (Å²) in [5.41, 5.74) is 0. The third-order valence-electron chi connectivity index (χ3n) is 3.05. The highest BCUT2D eigenvalue weighted by Gasteiger charge is 2.15. The minimum atomic E-state index is 0.284. The lowest BCUT2D eigenvalue weighted by Gasteiger charge is -2.13. The van der Waals surface area contributed by atoms with E-state index < -0.39 is 0 Å². The molecule has 7 nitrogen and oxygen atoms in total. The summed E-state index contributed by atoms with van der Waals surface area (Å²) in [5.74, 6) is 0.787. The van der Waals surface area contributed by atoms with Gasteiger partial charge in [-0.1, -0.05) is 0 Å². The van der Waals surface area contributed by atoms with Crippen LogP contribution in [0.15, 0.2) is 4.99 Å². The molecule has 2 N–H and O–H groups in total. The van der Waals surface area contributed by atoms with Gasteiger partial charge >= 0.3 is 0 Å². The Morgan fingerprint density at radius 1 is 1.19 bits per heavy atom. The van der Waals surface area contributed by atoms with Gasteiger partial charge in [0.05, 0.1) is 32.5 Å². The van der Waals surface area contributed by atoms with Gasteiger partial charge in [0.15, 0.2) is 5.96 Å². The second kappa shape index (κ2) is 12.8. The van der Waals surface area contributed by atoms with Gasteiger partial charge in [-0.3, -0.25) is 4.99 Å². The topological polar surface area (TPSA) is 73.3 Å². The lowest BCUT2D eigenvalue weighted by Crippen LogP contribution is -2.39. The molecule has 1 fully saturated rings.